The molecule has 0 spiro atoms. The summed E-state index contributed by atoms with van der Waals surface area (Å²) in [6.07, 6.45) is 3.11. The molecule has 0 aromatic carbocycles. The van der Waals surface area contributed by atoms with Crippen molar-refractivity contribution in [2.45, 2.75) is 30.7 Å². The molecule has 1 heterocycles. The van der Waals surface area contributed by atoms with E-state index in [4.69, 9.17) is 0 Å². The fraction of sp³-hybridized carbons (Fsp3) is 0.625. The third-order valence-corrected chi connectivity index (χ3v) is 4.31. The summed E-state index contributed by atoms with van der Waals surface area (Å²) in [6.45, 7) is 4.99. The highest BCUT2D eigenvalue weighted by atomic mass is 32.2. The first kappa shape index (κ1) is 10.2. The van der Waals surface area contributed by atoms with Crippen molar-refractivity contribution < 1.29 is 8.42 Å². The van der Waals surface area contributed by atoms with E-state index >= 15 is 0 Å². The van der Waals surface area contributed by atoms with E-state index in [0.29, 0.717) is 0 Å². The van der Waals surface area contributed by atoms with Crippen LogP contribution in [0.25, 0.3) is 0 Å². The molecule has 0 aliphatic rings. The molecule has 13 heavy (non-hydrogen) atoms. The number of sulfone groups is 1. The molecule has 0 saturated heterocycles. The van der Waals surface area contributed by atoms with Crippen LogP contribution in [0.15, 0.2) is 17.6 Å². The Labute approximate surface area is 78.5 Å². The lowest BCUT2D eigenvalue weighted by atomic mass is 10.3. The van der Waals surface area contributed by atoms with Gasteiger partial charge in [-0.25, -0.2) is 13.4 Å². The normalized spacial score (nSPS) is 13.2. The topological polar surface area (TPSA) is 52.0 Å². The molecule has 0 aliphatic carbocycles. The molecule has 1 aromatic heterocycles. The number of aryl methyl sites for hydroxylation is 1. The van der Waals surface area contributed by atoms with Gasteiger partial charge in [0.25, 0.3) is 0 Å². The van der Waals surface area contributed by atoms with Crippen molar-refractivity contribution >= 4 is 9.84 Å². The zero-order chi connectivity index (χ0) is 10.3. The van der Waals surface area contributed by atoms with Crippen molar-refractivity contribution in [1.29, 1.82) is 0 Å². The molecule has 0 saturated carbocycles. The minimum Gasteiger partial charge on any atom is -0.325 e. The maximum absolute atomic E-state index is 11.9. The Morgan fingerprint density at radius 2 is 1.92 bits per heavy atom. The highest BCUT2D eigenvalue weighted by molar-refractivity contribution is 7.92. The first-order chi connectivity index (χ1) is 5.77. The van der Waals surface area contributed by atoms with Crippen LogP contribution in [-0.4, -0.2) is 22.7 Å². The van der Waals surface area contributed by atoms with Crippen molar-refractivity contribution in [3.05, 3.63) is 12.4 Å². The van der Waals surface area contributed by atoms with Crippen LogP contribution in [0.1, 0.15) is 20.8 Å². The maximum atomic E-state index is 11.9. The van der Waals surface area contributed by atoms with Gasteiger partial charge in [0.1, 0.15) is 0 Å². The second-order valence-electron chi connectivity index (χ2n) is 3.94. The average Bonchev–Trinajstić information content (AvgIpc) is 2.32. The van der Waals surface area contributed by atoms with Crippen LogP contribution in [0, 0.1) is 0 Å². The molecule has 0 bridgehead atoms. The largest absolute Gasteiger partial charge is 0.325 e. The molecular formula is C8H14N2O2S. The van der Waals surface area contributed by atoms with Crippen LogP contribution >= 0.6 is 0 Å². The molecule has 0 aliphatic heterocycles. The number of imidazole rings is 1. The Bertz CT molecular complexity index is 398. The van der Waals surface area contributed by atoms with Crippen LogP contribution in [0.2, 0.25) is 0 Å². The molecule has 1 rings (SSSR count). The lowest BCUT2D eigenvalue weighted by molar-refractivity contribution is 0.544. The van der Waals surface area contributed by atoms with E-state index in [0.717, 1.165) is 0 Å². The fourth-order valence-electron chi connectivity index (χ4n) is 0.885. The molecule has 5 heteroatoms. The van der Waals surface area contributed by atoms with E-state index in [2.05, 4.69) is 4.98 Å². The highest BCUT2D eigenvalue weighted by Gasteiger charge is 2.33. The summed E-state index contributed by atoms with van der Waals surface area (Å²) in [5.74, 6) is 0. The molecule has 1 aromatic rings. The van der Waals surface area contributed by atoms with E-state index < -0.39 is 14.6 Å². The third-order valence-electron chi connectivity index (χ3n) is 1.82. The number of rotatable bonds is 1. The predicted octanol–water partition coefficient (Wildman–Crippen LogP) is 0.992. The standard InChI is InChI=1S/C8H14N2O2S/c1-8(2,3)13(11,12)7-9-5-6-10(7)4/h5-6H,1-4H3. The smallest absolute Gasteiger partial charge is 0.227 e. The monoisotopic (exact) mass is 202 g/mol. The highest BCUT2D eigenvalue weighted by Crippen LogP contribution is 2.22. The molecule has 0 fully saturated rings. The van der Waals surface area contributed by atoms with E-state index in [1.54, 1.807) is 34.0 Å². The lowest BCUT2D eigenvalue weighted by Crippen LogP contribution is -2.30. The van der Waals surface area contributed by atoms with Crippen LogP contribution < -0.4 is 0 Å². The van der Waals surface area contributed by atoms with Gasteiger partial charge in [0.2, 0.25) is 15.0 Å². The Kier molecular flexibility index (Phi) is 2.23. The third kappa shape index (κ3) is 1.60. The number of hydrogen-bond donors (Lipinski definition) is 0. The second-order valence-corrected chi connectivity index (χ2v) is 6.53. The Morgan fingerprint density at radius 3 is 2.23 bits per heavy atom. The van der Waals surface area contributed by atoms with Gasteiger partial charge in [-0.1, -0.05) is 0 Å². The molecule has 0 amide bonds. The minimum atomic E-state index is -3.31. The summed E-state index contributed by atoms with van der Waals surface area (Å²) in [6, 6.07) is 0. The number of aromatic nitrogens is 2. The SMILES string of the molecule is Cn1ccnc1S(=O)(=O)C(C)(C)C. The summed E-state index contributed by atoms with van der Waals surface area (Å²) < 4.78 is 24.4. The Morgan fingerprint density at radius 1 is 1.38 bits per heavy atom. The first-order valence-electron chi connectivity index (χ1n) is 3.99. The van der Waals surface area contributed by atoms with Crippen molar-refractivity contribution in [2.24, 2.45) is 7.05 Å². The molecule has 0 unspecified atom stereocenters. The van der Waals surface area contributed by atoms with Crippen molar-refractivity contribution in [2.75, 3.05) is 0 Å². The first-order valence-corrected chi connectivity index (χ1v) is 5.47. The van der Waals surface area contributed by atoms with E-state index in [1.807, 2.05) is 0 Å². The lowest BCUT2D eigenvalue weighted by Gasteiger charge is -2.18. The summed E-state index contributed by atoms with van der Waals surface area (Å²) in [4.78, 5) is 3.83. The van der Waals surface area contributed by atoms with Crippen LogP contribution in [0.3, 0.4) is 0 Å². The van der Waals surface area contributed by atoms with Crippen molar-refractivity contribution in [3.8, 4) is 0 Å². The minimum absolute atomic E-state index is 0.125. The van der Waals surface area contributed by atoms with Crippen LogP contribution in [0.4, 0.5) is 0 Å². The Hall–Kier alpha value is -0.840. The van der Waals surface area contributed by atoms with Gasteiger partial charge < -0.3 is 4.57 Å². The van der Waals surface area contributed by atoms with Crippen molar-refractivity contribution in [3.63, 3.8) is 0 Å². The molecular weight excluding hydrogens is 188 g/mol. The zero-order valence-electron chi connectivity index (χ0n) is 8.27. The summed E-state index contributed by atoms with van der Waals surface area (Å²) >= 11 is 0. The average molecular weight is 202 g/mol. The van der Waals surface area contributed by atoms with E-state index in [1.165, 1.54) is 10.8 Å². The molecule has 0 radical (unpaired) electrons. The van der Waals surface area contributed by atoms with Gasteiger partial charge in [0, 0.05) is 19.4 Å². The van der Waals surface area contributed by atoms with Gasteiger partial charge in [-0.2, -0.15) is 0 Å². The van der Waals surface area contributed by atoms with Crippen LogP contribution in [-0.2, 0) is 16.9 Å². The summed E-state index contributed by atoms with van der Waals surface area (Å²) in [5.41, 5.74) is 0. The molecule has 4 nitrogen and oxygen atoms in total. The van der Waals surface area contributed by atoms with Gasteiger partial charge in [0.05, 0.1) is 4.75 Å². The zero-order valence-corrected chi connectivity index (χ0v) is 9.09. The summed E-state index contributed by atoms with van der Waals surface area (Å²) in [7, 11) is -1.64. The van der Waals surface area contributed by atoms with Gasteiger partial charge in [-0.3, -0.25) is 0 Å². The molecule has 0 N–H and O–H groups in total. The van der Waals surface area contributed by atoms with Gasteiger partial charge in [0.15, 0.2) is 0 Å². The maximum Gasteiger partial charge on any atom is 0.227 e. The van der Waals surface area contributed by atoms with Gasteiger partial charge >= 0.3 is 0 Å². The summed E-state index contributed by atoms with van der Waals surface area (Å²) in [5, 5.41) is 0.125. The van der Waals surface area contributed by atoms with Crippen LogP contribution in [0.5, 0.6) is 0 Å². The number of hydrogen-bond acceptors (Lipinski definition) is 3. The van der Waals surface area contributed by atoms with Gasteiger partial charge in [-0.15, -0.1) is 0 Å². The molecule has 74 valence electrons. The van der Waals surface area contributed by atoms with E-state index in [9.17, 15) is 8.42 Å². The predicted molar refractivity (Wildman–Crippen MR) is 50.1 cm³/mol. The number of nitrogens with zero attached hydrogens (tertiary/aromatic N) is 2. The molecule has 0 atom stereocenters. The van der Waals surface area contributed by atoms with Crippen molar-refractivity contribution in [1.82, 2.24) is 9.55 Å². The fourth-order valence-corrected chi connectivity index (χ4v) is 2.07. The van der Waals surface area contributed by atoms with E-state index in [-0.39, 0.29) is 5.16 Å². The quantitative estimate of drug-likeness (QED) is 0.682. The Balaban J connectivity index is 3.33. The second kappa shape index (κ2) is 2.83. The van der Waals surface area contributed by atoms with Gasteiger partial charge in [-0.05, 0) is 20.8 Å².